The van der Waals surface area contributed by atoms with E-state index in [1.165, 1.54) is 26.0 Å². The Bertz CT molecular complexity index is 1120. The number of aromatic amines is 1. The van der Waals surface area contributed by atoms with Gasteiger partial charge in [-0.3, -0.25) is 4.90 Å². The van der Waals surface area contributed by atoms with E-state index >= 15 is 8.78 Å². The lowest BCUT2D eigenvalue weighted by Crippen LogP contribution is -2.48. The molecule has 2 atom stereocenters. The fourth-order valence-corrected chi connectivity index (χ4v) is 4.98. The van der Waals surface area contributed by atoms with Gasteiger partial charge in [0.05, 0.1) is 12.6 Å². The Labute approximate surface area is 198 Å². The highest BCUT2D eigenvalue weighted by Crippen LogP contribution is 2.43. The monoisotopic (exact) mass is 474 g/mol. The Hall–Kier alpha value is -2.51. The quantitative estimate of drug-likeness (QED) is 0.370. The summed E-state index contributed by atoms with van der Waals surface area (Å²) in [6.07, 6.45) is 2.78. The Morgan fingerprint density at radius 3 is 2.50 bits per heavy atom. The molecule has 0 bridgehead atoms. The number of alkyl halides is 1. The summed E-state index contributed by atoms with van der Waals surface area (Å²) in [5.41, 5.74) is 0.981. The number of H-pyrrole nitrogens is 1. The van der Waals surface area contributed by atoms with Crippen molar-refractivity contribution >= 4 is 10.9 Å². The van der Waals surface area contributed by atoms with Crippen LogP contribution in [0.15, 0.2) is 36.4 Å². The molecule has 2 N–H and O–H groups in total. The lowest BCUT2D eigenvalue weighted by Gasteiger charge is -2.43. The molecule has 3 aromatic rings. The highest BCUT2D eigenvalue weighted by Gasteiger charge is 2.41. The first kappa shape index (κ1) is 24.6. The van der Waals surface area contributed by atoms with Crippen LogP contribution in [0.5, 0.6) is 5.75 Å². The Balaban J connectivity index is 1.75. The van der Waals surface area contributed by atoms with Crippen LogP contribution in [-0.4, -0.2) is 46.5 Å². The number of benzene rings is 2. The van der Waals surface area contributed by atoms with Gasteiger partial charge in [0.2, 0.25) is 0 Å². The standard InChI is InChI=1S/C27H33F3N2O2/c1-17-13-20-19-9-5-6-10-23(19)31-25(20)26(32(17)16-27(2,3)30)24-21(28)14-18(15-22(24)29)34-12-8-4-7-11-33/h5-6,9-10,14-15,17,26,31,33H,4,7-8,11-13,16H2,1-3H3/t17-,26?/m1/s1. The van der Waals surface area contributed by atoms with Crippen molar-refractivity contribution in [2.75, 3.05) is 19.8 Å². The number of nitrogens with one attached hydrogen (secondary N) is 1. The highest BCUT2D eigenvalue weighted by molar-refractivity contribution is 5.85. The number of rotatable bonds is 9. The molecule has 0 fully saturated rings. The van der Waals surface area contributed by atoms with Crippen LogP contribution in [0.25, 0.3) is 10.9 Å². The molecule has 7 heteroatoms. The third-order valence-electron chi connectivity index (χ3n) is 6.47. The summed E-state index contributed by atoms with van der Waals surface area (Å²) < 4.78 is 51.4. The van der Waals surface area contributed by atoms with E-state index in [-0.39, 0.29) is 30.5 Å². The van der Waals surface area contributed by atoms with E-state index < -0.39 is 23.3 Å². The summed E-state index contributed by atoms with van der Waals surface area (Å²) in [5.74, 6) is -1.30. The summed E-state index contributed by atoms with van der Waals surface area (Å²) in [4.78, 5) is 5.23. The molecule has 0 spiro atoms. The number of halogens is 3. The van der Waals surface area contributed by atoms with Crippen LogP contribution >= 0.6 is 0 Å². The maximum atomic E-state index is 15.5. The smallest absolute Gasteiger partial charge is 0.135 e. The summed E-state index contributed by atoms with van der Waals surface area (Å²) in [6.45, 7) is 5.40. The molecule has 4 rings (SSSR count). The summed E-state index contributed by atoms with van der Waals surface area (Å²) in [6, 6.07) is 9.33. The maximum Gasteiger partial charge on any atom is 0.135 e. The van der Waals surface area contributed by atoms with Gasteiger partial charge in [-0.15, -0.1) is 0 Å². The first-order valence-electron chi connectivity index (χ1n) is 12.0. The fourth-order valence-electron chi connectivity index (χ4n) is 4.98. The van der Waals surface area contributed by atoms with Gasteiger partial charge in [0.15, 0.2) is 0 Å². The van der Waals surface area contributed by atoms with Crippen LogP contribution in [0.1, 0.15) is 62.9 Å². The van der Waals surface area contributed by atoms with Crippen molar-refractivity contribution in [1.82, 2.24) is 9.88 Å². The number of fused-ring (bicyclic) bond motifs is 3. The lowest BCUT2D eigenvalue weighted by molar-refractivity contribution is 0.0642. The summed E-state index contributed by atoms with van der Waals surface area (Å²) >= 11 is 0. The van der Waals surface area contributed by atoms with E-state index in [0.29, 0.717) is 31.6 Å². The number of hydrogen-bond donors (Lipinski definition) is 2. The van der Waals surface area contributed by atoms with Gasteiger partial charge in [-0.25, -0.2) is 13.2 Å². The molecule has 1 unspecified atom stereocenters. The van der Waals surface area contributed by atoms with E-state index in [9.17, 15) is 4.39 Å². The third-order valence-corrected chi connectivity index (χ3v) is 6.47. The van der Waals surface area contributed by atoms with Gasteiger partial charge in [0, 0.05) is 53.5 Å². The van der Waals surface area contributed by atoms with Crippen LogP contribution in [0, 0.1) is 11.6 Å². The number of aromatic nitrogens is 1. The molecule has 184 valence electrons. The van der Waals surface area contributed by atoms with Crippen molar-refractivity contribution in [1.29, 1.82) is 0 Å². The fraction of sp³-hybridized carbons (Fsp3) is 0.481. The average molecular weight is 475 g/mol. The molecule has 2 heterocycles. The Morgan fingerprint density at radius 2 is 1.82 bits per heavy atom. The Kier molecular flexibility index (Phi) is 7.24. The van der Waals surface area contributed by atoms with Crippen molar-refractivity contribution in [3.8, 4) is 5.75 Å². The minimum atomic E-state index is -1.54. The number of nitrogens with zero attached hydrogens (tertiary/aromatic N) is 1. The predicted molar refractivity (Wildman–Crippen MR) is 128 cm³/mol. The maximum absolute atomic E-state index is 15.5. The predicted octanol–water partition coefficient (Wildman–Crippen LogP) is 6.07. The second-order valence-corrected chi connectivity index (χ2v) is 9.84. The Morgan fingerprint density at radius 1 is 1.12 bits per heavy atom. The molecule has 0 amide bonds. The summed E-state index contributed by atoms with van der Waals surface area (Å²) in [7, 11) is 0. The zero-order valence-corrected chi connectivity index (χ0v) is 20.0. The van der Waals surface area contributed by atoms with Crippen LogP contribution < -0.4 is 4.74 Å². The van der Waals surface area contributed by atoms with Crippen molar-refractivity contribution in [3.05, 3.63) is 64.9 Å². The van der Waals surface area contributed by atoms with Gasteiger partial charge in [-0.2, -0.15) is 0 Å². The molecule has 0 aliphatic carbocycles. The number of aliphatic hydroxyl groups excluding tert-OH is 1. The second kappa shape index (κ2) is 10.0. The summed E-state index contributed by atoms with van der Waals surface area (Å²) in [5, 5.41) is 9.89. The molecule has 1 aliphatic heterocycles. The molecule has 4 nitrogen and oxygen atoms in total. The van der Waals surface area contributed by atoms with Crippen LogP contribution in [0.4, 0.5) is 13.2 Å². The van der Waals surface area contributed by atoms with Gasteiger partial charge in [-0.05, 0) is 58.1 Å². The van der Waals surface area contributed by atoms with Crippen molar-refractivity contribution in [2.45, 2.75) is 64.2 Å². The van der Waals surface area contributed by atoms with Crippen LogP contribution in [0.2, 0.25) is 0 Å². The van der Waals surface area contributed by atoms with Gasteiger partial charge in [-0.1, -0.05) is 18.2 Å². The van der Waals surface area contributed by atoms with E-state index in [0.717, 1.165) is 22.9 Å². The zero-order valence-electron chi connectivity index (χ0n) is 20.0. The highest BCUT2D eigenvalue weighted by atomic mass is 19.1. The van der Waals surface area contributed by atoms with Crippen molar-refractivity contribution < 1.29 is 23.0 Å². The molecular weight excluding hydrogens is 441 g/mol. The molecule has 1 aliphatic rings. The first-order valence-corrected chi connectivity index (χ1v) is 12.0. The van der Waals surface area contributed by atoms with Crippen molar-refractivity contribution in [2.24, 2.45) is 0 Å². The second-order valence-electron chi connectivity index (χ2n) is 9.84. The minimum absolute atomic E-state index is 0.0373. The molecule has 2 aromatic carbocycles. The molecule has 0 saturated heterocycles. The largest absolute Gasteiger partial charge is 0.493 e. The number of unbranched alkanes of at least 4 members (excludes halogenated alkanes) is 2. The van der Waals surface area contributed by atoms with Crippen LogP contribution in [-0.2, 0) is 6.42 Å². The number of aliphatic hydroxyl groups is 1. The van der Waals surface area contributed by atoms with E-state index in [2.05, 4.69) is 4.98 Å². The molecular formula is C27H33F3N2O2. The molecule has 0 saturated carbocycles. The molecule has 34 heavy (non-hydrogen) atoms. The average Bonchev–Trinajstić information content (AvgIpc) is 3.12. The van der Waals surface area contributed by atoms with E-state index in [1.807, 2.05) is 36.1 Å². The zero-order chi connectivity index (χ0) is 24.5. The molecule has 1 aromatic heterocycles. The van der Waals surface area contributed by atoms with Gasteiger partial charge >= 0.3 is 0 Å². The van der Waals surface area contributed by atoms with E-state index in [1.54, 1.807) is 0 Å². The van der Waals surface area contributed by atoms with Gasteiger partial charge in [0.25, 0.3) is 0 Å². The SMILES string of the molecule is C[C@@H]1Cc2c([nH]c3ccccc23)C(c2c(F)cc(OCCCCCO)cc2F)N1CC(C)(C)F. The number of ether oxygens (including phenoxy) is 1. The first-order chi connectivity index (χ1) is 16.2. The van der Waals surface area contributed by atoms with Gasteiger partial charge < -0.3 is 14.8 Å². The normalized spacial score (nSPS) is 18.9. The lowest BCUT2D eigenvalue weighted by atomic mass is 9.87. The van der Waals surface area contributed by atoms with Gasteiger partial charge in [0.1, 0.15) is 23.1 Å². The topological polar surface area (TPSA) is 48.5 Å². The third kappa shape index (κ3) is 5.10. The number of hydrogen-bond acceptors (Lipinski definition) is 3. The minimum Gasteiger partial charge on any atom is -0.493 e. The molecule has 0 radical (unpaired) electrons. The van der Waals surface area contributed by atoms with Crippen molar-refractivity contribution in [3.63, 3.8) is 0 Å². The van der Waals surface area contributed by atoms with E-state index in [4.69, 9.17) is 9.84 Å². The number of para-hydroxylation sites is 1. The van der Waals surface area contributed by atoms with Crippen LogP contribution in [0.3, 0.4) is 0 Å².